The molecule has 2 heterocycles. The van der Waals surface area contributed by atoms with Gasteiger partial charge in [0.25, 0.3) is 0 Å². The highest BCUT2D eigenvalue weighted by Gasteiger charge is 2.37. The molecule has 1 aromatic carbocycles. The molecule has 0 bridgehead atoms. The fourth-order valence-corrected chi connectivity index (χ4v) is 4.47. The highest BCUT2D eigenvalue weighted by Crippen LogP contribution is 2.29. The van der Waals surface area contributed by atoms with Crippen LogP contribution in [0, 0.1) is 5.92 Å². The van der Waals surface area contributed by atoms with Crippen molar-refractivity contribution >= 4 is 22.9 Å². The molecule has 1 aromatic heterocycles. The molecule has 2 unspecified atom stereocenters. The molecular weight excluding hydrogens is 374 g/mol. The Labute approximate surface area is 168 Å². The Kier molecular flexibility index (Phi) is 5.99. The Morgan fingerprint density at radius 1 is 1.10 bits per heavy atom. The van der Waals surface area contributed by atoms with Crippen LogP contribution >= 0.6 is 0 Å². The van der Waals surface area contributed by atoms with Crippen molar-refractivity contribution in [3.05, 3.63) is 34.8 Å². The third-order valence-electron chi connectivity index (χ3n) is 5.89. The van der Waals surface area contributed by atoms with Gasteiger partial charge in [0, 0.05) is 25.7 Å². The Bertz CT molecular complexity index is 934. The molecule has 1 saturated heterocycles. The van der Waals surface area contributed by atoms with Gasteiger partial charge in [-0.1, -0.05) is 25.0 Å². The third kappa shape index (κ3) is 4.22. The van der Waals surface area contributed by atoms with Crippen LogP contribution in [0.2, 0.25) is 0 Å². The van der Waals surface area contributed by atoms with E-state index in [1.807, 2.05) is 6.07 Å². The summed E-state index contributed by atoms with van der Waals surface area (Å²) in [6, 6.07) is 6.93. The zero-order chi connectivity index (χ0) is 20.2. The van der Waals surface area contributed by atoms with Crippen molar-refractivity contribution in [2.24, 2.45) is 5.92 Å². The standard InChI is InChI=1S/C21H27N3O5/c25-19(14-24-17-8-3-4-9-18(17)29-21(24)27)23-11-5-12-28-13-10-22-20(26)15-6-1-2-7-16(15)23/h3-4,8-9,15-16H,1-2,5-7,10-14H2,(H,22,26). The second kappa shape index (κ2) is 8.82. The van der Waals surface area contributed by atoms with E-state index < -0.39 is 5.76 Å². The summed E-state index contributed by atoms with van der Waals surface area (Å²) in [7, 11) is 0. The summed E-state index contributed by atoms with van der Waals surface area (Å²) in [4.78, 5) is 40.1. The number of amides is 2. The topological polar surface area (TPSA) is 93.8 Å². The Hall–Kier alpha value is -2.61. The number of oxazole rings is 1. The van der Waals surface area contributed by atoms with E-state index >= 15 is 0 Å². The normalized spacial score (nSPS) is 23.9. The minimum Gasteiger partial charge on any atom is -0.408 e. The summed E-state index contributed by atoms with van der Waals surface area (Å²) < 4.78 is 12.2. The number of ether oxygens (including phenoxy) is 1. The van der Waals surface area contributed by atoms with Gasteiger partial charge >= 0.3 is 5.76 Å². The Morgan fingerprint density at radius 2 is 1.93 bits per heavy atom. The van der Waals surface area contributed by atoms with Crippen molar-refractivity contribution in [2.75, 3.05) is 26.3 Å². The molecule has 2 fully saturated rings. The maximum Gasteiger partial charge on any atom is 0.420 e. The van der Waals surface area contributed by atoms with Crippen LogP contribution in [0.3, 0.4) is 0 Å². The maximum absolute atomic E-state index is 13.3. The van der Waals surface area contributed by atoms with Gasteiger partial charge < -0.3 is 19.4 Å². The second-order valence-corrected chi connectivity index (χ2v) is 7.72. The van der Waals surface area contributed by atoms with Gasteiger partial charge in [-0.3, -0.25) is 14.2 Å². The number of carbonyl (C=O) groups is 2. The van der Waals surface area contributed by atoms with Crippen molar-refractivity contribution in [1.29, 1.82) is 0 Å². The van der Waals surface area contributed by atoms with E-state index in [2.05, 4.69) is 5.32 Å². The first-order chi connectivity index (χ1) is 14.1. The van der Waals surface area contributed by atoms with Crippen LogP contribution in [0.15, 0.2) is 33.5 Å². The predicted molar refractivity (Wildman–Crippen MR) is 106 cm³/mol. The number of hydrogen-bond donors (Lipinski definition) is 1. The summed E-state index contributed by atoms with van der Waals surface area (Å²) in [5, 5.41) is 2.95. The van der Waals surface area contributed by atoms with E-state index in [1.54, 1.807) is 23.1 Å². The number of benzene rings is 1. The van der Waals surface area contributed by atoms with Gasteiger partial charge in [-0.25, -0.2) is 4.79 Å². The molecule has 2 amide bonds. The molecule has 156 valence electrons. The second-order valence-electron chi connectivity index (χ2n) is 7.72. The number of aromatic nitrogens is 1. The first-order valence-corrected chi connectivity index (χ1v) is 10.4. The van der Waals surface area contributed by atoms with Crippen LogP contribution < -0.4 is 11.1 Å². The van der Waals surface area contributed by atoms with E-state index in [1.165, 1.54) is 4.57 Å². The van der Waals surface area contributed by atoms with E-state index in [9.17, 15) is 14.4 Å². The molecule has 4 rings (SSSR count). The van der Waals surface area contributed by atoms with Crippen LogP contribution in [0.4, 0.5) is 0 Å². The number of para-hydroxylation sites is 2. The zero-order valence-electron chi connectivity index (χ0n) is 16.5. The number of rotatable bonds is 2. The van der Waals surface area contributed by atoms with Gasteiger partial charge in [-0.2, -0.15) is 0 Å². The fourth-order valence-electron chi connectivity index (χ4n) is 4.47. The lowest BCUT2D eigenvalue weighted by Crippen LogP contribution is -2.52. The van der Waals surface area contributed by atoms with Crippen LogP contribution in [-0.2, 0) is 20.9 Å². The summed E-state index contributed by atoms with van der Waals surface area (Å²) in [5.41, 5.74) is 1.07. The molecule has 8 nitrogen and oxygen atoms in total. The predicted octanol–water partition coefficient (Wildman–Crippen LogP) is 1.52. The molecule has 1 N–H and O–H groups in total. The maximum atomic E-state index is 13.3. The minimum atomic E-state index is -0.543. The van der Waals surface area contributed by atoms with Gasteiger partial charge in [-0.15, -0.1) is 0 Å². The van der Waals surface area contributed by atoms with E-state index in [-0.39, 0.29) is 30.3 Å². The first-order valence-electron chi connectivity index (χ1n) is 10.4. The molecule has 1 aliphatic carbocycles. The number of nitrogens with zero attached hydrogens (tertiary/aromatic N) is 2. The van der Waals surface area contributed by atoms with Crippen molar-refractivity contribution in [1.82, 2.24) is 14.8 Å². The summed E-state index contributed by atoms with van der Waals surface area (Å²) >= 11 is 0. The molecule has 0 spiro atoms. The van der Waals surface area contributed by atoms with E-state index in [0.717, 1.165) is 25.7 Å². The SMILES string of the molecule is O=C1NCCOCCCN(C(=O)Cn2c(=O)oc3ccccc32)C2CCCCC12. The number of hydrogen-bond acceptors (Lipinski definition) is 5. The quantitative estimate of drug-likeness (QED) is 0.824. The molecule has 1 aliphatic heterocycles. The van der Waals surface area contributed by atoms with Crippen molar-refractivity contribution in [3.8, 4) is 0 Å². The van der Waals surface area contributed by atoms with Gasteiger partial charge in [0.1, 0.15) is 6.54 Å². The highest BCUT2D eigenvalue weighted by molar-refractivity contribution is 5.83. The lowest BCUT2D eigenvalue weighted by molar-refractivity contribution is -0.139. The van der Waals surface area contributed by atoms with Gasteiger partial charge in [0.05, 0.1) is 18.0 Å². The lowest BCUT2D eigenvalue weighted by atomic mass is 9.82. The molecule has 29 heavy (non-hydrogen) atoms. The minimum absolute atomic E-state index is 0.0103. The van der Waals surface area contributed by atoms with E-state index in [4.69, 9.17) is 9.15 Å². The molecule has 2 atom stereocenters. The van der Waals surface area contributed by atoms with Crippen molar-refractivity contribution in [3.63, 3.8) is 0 Å². The van der Waals surface area contributed by atoms with E-state index in [0.29, 0.717) is 43.8 Å². The molecular formula is C21H27N3O5. The molecule has 0 radical (unpaired) electrons. The fraction of sp³-hybridized carbons (Fsp3) is 0.571. The van der Waals surface area contributed by atoms with Crippen LogP contribution in [0.1, 0.15) is 32.1 Å². The van der Waals surface area contributed by atoms with Gasteiger partial charge in [0.2, 0.25) is 11.8 Å². The molecule has 2 aliphatic rings. The zero-order valence-corrected chi connectivity index (χ0v) is 16.5. The Morgan fingerprint density at radius 3 is 2.83 bits per heavy atom. The van der Waals surface area contributed by atoms with Crippen molar-refractivity contribution < 1.29 is 18.7 Å². The van der Waals surface area contributed by atoms with Gasteiger partial charge in [0.15, 0.2) is 5.58 Å². The Balaban J connectivity index is 1.61. The highest BCUT2D eigenvalue weighted by atomic mass is 16.5. The van der Waals surface area contributed by atoms with Crippen LogP contribution in [0.5, 0.6) is 0 Å². The lowest BCUT2D eigenvalue weighted by Gasteiger charge is -2.39. The average molecular weight is 401 g/mol. The van der Waals surface area contributed by atoms with Gasteiger partial charge in [-0.05, 0) is 31.4 Å². The summed E-state index contributed by atoms with van der Waals surface area (Å²) in [5.74, 6) is -0.936. The number of nitrogens with one attached hydrogen (secondary N) is 1. The van der Waals surface area contributed by atoms with Crippen LogP contribution in [-0.4, -0.2) is 53.6 Å². The first kappa shape index (κ1) is 19.7. The average Bonchev–Trinajstić information content (AvgIpc) is 3.03. The van der Waals surface area contributed by atoms with Crippen molar-refractivity contribution in [2.45, 2.75) is 44.7 Å². The number of fused-ring (bicyclic) bond motifs is 2. The number of carbonyl (C=O) groups excluding carboxylic acids is 2. The largest absolute Gasteiger partial charge is 0.420 e. The molecule has 2 aromatic rings. The van der Waals surface area contributed by atoms with Crippen LogP contribution in [0.25, 0.3) is 11.1 Å². The summed E-state index contributed by atoms with van der Waals surface area (Å²) in [6.07, 6.45) is 4.24. The molecule has 8 heteroatoms. The monoisotopic (exact) mass is 401 g/mol. The summed E-state index contributed by atoms with van der Waals surface area (Å²) in [6.45, 7) is 1.92. The molecule has 1 saturated carbocycles. The smallest absolute Gasteiger partial charge is 0.408 e. The third-order valence-corrected chi connectivity index (χ3v) is 5.89.